The molecule has 0 spiro atoms. The highest BCUT2D eigenvalue weighted by atomic mass is 31.1. The molecular weight excluding hydrogens is 619 g/mol. The van der Waals surface area contributed by atoms with Crippen LogP contribution in [-0.2, 0) is 40.0 Å². The maximum absolute atomic E-state index is 12.9. The van der Waals surface area contributed by atoms with Gasteiger partial charge in [-0.1, -0.05) is 95.2 Å². The molecule has 47 heavy (non-hydrogen) atoms. The third-order valence-corrected chi connectivity index (χ3v) is 11.3. The topological polar surface area (TPSA) is 125 Å². The molecule has 268 valence electrons. The number of carbonyl (C=O) groups is 4. The Labute approximate surface area is 285 Å². The highest BCUT2D eigenvalue weighted by Crippen LogP contribution is 2.42. The molecular formula is C37H61O9P. The van der Waals surface area contributed by atoms with E-state index in [4.69, 9.17) is 24.1 Å². The van der Waals surface area contributed by atoms with E-state index in [1.165, 1.54) is 0 Å². The molecule has 0 fully saturated rings. The van der Waals surface area contributed by atoms with Crippen LogP contribution in [0.15, 0.2) is 24.3 Å². The van der Waals surface area contributed by atoms with E-state index in [-0.39, 0.29) is 78.3 Å². The van der Waals surface area contributed by atoms with Crippen LogP contribution in [0.3, 0.4) is 0 Å². The molecule has 1 aromatic carbocycles. The predicted molar refractivity (Wildman–Crippen MR) is 187 cm³/mol. The smallest absolute Gasteiger partial charge is 0.311 e. The van der Waals surface area contributed by atoms with Crippen LogP contribution in [0.25, 0.3) is 0 Å². The first-order chi connectivity index (χ1) is 21.4. The quantitative estimate of drug-likeness (QED) is 0.0721. The molecule has 0 saturated carbocycles. The number of ether oxygens (including phenoxy) is 4. The number of aliphatic hydroxyl groups is 1. The SMILES string of the molecule is CC(C)(CCC(=O)Oc1ccc(CO)cc1)PCCC(=O)OC(COC(=O)CC(C)(C)C(C)(C)C)COC(=O)CC(C)(C)C(C)(C)C. The van der Waals surface area contributed by atoms with Crippen molar-refractivity contribution < 1.29 is 43.2 Å². The van der Waals surface area contributed by atoms with Crippen molar-refractivity contribution in [1.29, 1.82) is 0 Å². The van der Waals surface area contributed by atoms with Gasteiger partial charge in [0.1, 0.15) is 19.0 Å². The molecule has 0 saturated heterocycles. The predicted octanol–water partition coefficient (Wildman–Crippen LogP) is 7.63. The van der Waals surface area contributed by atoms with Gasteiger partial charge in [-0.05, 0) is 57.1 Å². The minimum absolute atomic E-state index is 0.0786. The van der Waals surface area contributed by atoms with Gasteiger partial charge < -0.3 is 24.1 Å². The van der Waals surface area contributed by atoms with Gasteiger partial charge in [0.25, 0.3) is 0 Å². The number of esters is 4. The monoisotopic (exact) mass is 680 g/mol. The van der Waals surface area contributed by atoms with E-state index in [1.54, 1.807) is 24.3 Å². The molecule has 10 heteroatoms. The maximum atomic E-state index is 12.9. The highest BCUT2D eigenvalue weighted by molar-refractivity contribution is 7.39. The number of benzene rings is 1. The summed E-state index contributed by atoms with van der Waals surface area (Å²) in [5.41, 5.74) is -0.168. The molecule has 1 aromatic rings. The van der Waals surface area contributed by atoms with Crippen LogP contribution in [0, 0.1) is 21.7 Å². The Morgan fingerprint density at radius 1 is 0.681 bits per heavy atom. The van der Waals surface area contributed by atoms with E-state index in [0.29, 0.717) is 26.9 Å². The van der Waals surface area contributed by atoms with Gasteiger partial charge in [-0.15, -0.1) is 8.58 Å². The lowest BCUT2D eigenvalue weighted by atomic mass is 9.67. The Morgan fingerprint density at radius 3 is 1.57 bits per heavy atom. The standard InChI is InChI=1S/C37H61O9P/c1-33(2,3)35(7,8)21-31(41)43-24-28(25-44-32(42)22-36(9,10)34(4,5)6)46-30(40)18-20-47-37(11,12)19-17-29(39)45-27-15-13-26(23-38)14-16-27/h13-16,28,38,47H,17-25H2,1-12H3. The molecule has 0 aliphatic carbocycles. The molecule has 1 unspecified atom stereocenters. The summed E-state index contributed by atoms with van der Waals surface area (Å²) < 4.78 is 22.1. The van der Waals surface area contributed by atoms with Crippen LogP contribution in [0.2, 0.25) is 0 Å². The molecule has 0 aromatic heterocycles. The van der Waals surface area contributed by atoms with Crippen LogP contribution in [0.4, 0.5) is 0 Å². The average molecular weight is 681 g/mol. The normalized spacial score (nSPS) is 13.1. The van der Waals surface area contributed by atoms with Crippen molar-refractivity contribution in [3.63, 3.8) is 0 Å². The van der Waals surface area contributed by atoms with Crippen molar-refractivity contribution in [2.75, 3.05) is 19.4 Å². The zero-order chi connectivity index (χ0) is 36.3. The number of carbonyl (C=O) groups excluding carboxylic acids is 4. The first-order valence-electron chi connectivity index (χ1n) is 16.5. The Morgan fingerprint density at radius 2 is 1.15 bits per heavy atom. The van der Waals surface area contributed by atoms with Gasteiger partial charge in [-0.2, -0.15) is 0 Å². The van der Waals surface area contributed by atoms with Crippen molar-refractivity contribution in [3.8, 4) is 5.75 Å². The lowest BCUT2D eigenvalue weighted by molar-refractivity contribution is -0.168. The van der Waals surface area contributed by atoms with E-state index in [9.17, 15) is 19.2 Å². The van der Waals surface area contributed by atoms with Gasteiger partial charge in [0.15, 0.2) is 6.10 Å². The summed E-state index contributed by atoms with van der Waals surface area (Å²) in [5.74, 6) is -1.20. The molecule has 0 aliphatic rings. The fourth-order valence-electron chi connectivity index (χ4n) is 3.94. The van der Waals surface area contributed by atoms with Gasteiger partial charge in [-0.3, -0.25) is 19.2 Å². The molecule has 0 bridgehead atoms. The van der Waals surface area contributed by atoms with Crippen molar-refractivity contribution >= 4 is 32.5 Å². The molecule has 0 heterocycles. The van der Waals surface area contributed by atoms with Crippen molar-refractivity contribution in [2.45, 2.75) is 133 Å². The van der Waals surface area contributed by atoms with E-state index in [2.05, 4.69) is 41.5 Å². The Kier molecular flexibility index (Phi) is 16.1. The summed E-state index contributed by atoms with van der Waals surface area (Å²) in [5, 5.41) is 8.96. The van der Waals surface area contributed by atoms with Gasteiger partial charge >= 0.3 is 23.9 Å². The third kappa shape index (κ3) is 16.0. The Balaban J connectivity index is 2.71. The Bertz CT molecular complexity index is 1130. The maximum Gasteiger partial charge on any atom is 0.311 e. The first kappa shape index (κ1) is 42.5. The zero-order valence-corrected chi connectivity index (χ0v) is 32.0. The summed E-state index contributed by atoms with van der Waals surface area (Å²) in [6.07, 6.45) is 0.947. The summed E-state index contributed by atoms with van der Waals surface area (Å²) in [6.45, 7) is 24.0. The van der Waals surface area contributed by atoms with Gasteiger partial charge in [-0.25, -0.2) is 0 Å². The highest BCUT2D eigenvalue weighted by Gasteiger charge is 2.37. The molecule has 0 aliphatic heterocycles. The minimum Gasteiger partial charge on any atom is -0.462 e. The fraction of sp³-hybridized carbons (Fsp3) is 0.730. The van der Waals surface area contributed by atoms with Crippen LogP contribution in [0.1, 0.15) is 121 Å². The van der Waals surface area contributed by atoms with E-state index >= 15 is 0 Å². The Hall–Kier alpha value is -2.51. The molecule has 0 radical (unpaired) electrons. The fourth-order valence-corrected chi connectivity index (χ4v) is 5.25. The molecule has 1 atom stereocenters. The van der Waals surface area contributed by atoms with Crippen LogP contribution < -0.4 is 4.74 Å². The van der Waals surface area contributed by atoms with Crippen LogP contribution in [0.5, 0.6) is 5.75 Å². The van der Waals surface area contributed by atoms with Crippen molar-refractivity contribution in [2.24, 2.45) is 21.7 Å². The second-order valence-electron chi connectivity index (χ2n) is 16.4. The summed E-state index contributed by atoms with van der Waals surface area (Å²) in [4.78, 5) is 50.7. The van der Waals surface area contributed by atoms with Crippen molar-refractivity contribution in [3.05, 3.63) is 29.8 Å². The van der Waals surface area contributed by atoms with Gasteiger partial charge in [0, 0.05) is 12.8 Å². The second-order valence-corrected chi connectivity index (χ2v) is 18.6. The largest absolute Gasteiger partial charge is 0.462 e. The number of aliphatic hydroxyl groups excluding tert-OH is 1. The molecule has 9 nitrogen and oxygen atoms in total. The van der Waals surface area contributed by atoms with Crippen molar-refractivity contribution in [1.82, 2.24) is 0 Å². The zero-order valence-electron chi connectivity index (χ0n) is 31.0. The van der Waals surface area contributed by atoms with E-state index < -0.39 is 24.0 Å². The van der Waals surface area contributed by atoms with Crippen LogP contribution >= 0.6 is 8.58 Å². The second kappa shape index (κ2) is 17.8. The number of hydrogen-bond acceptors (Lipinski definition) is 9. The van der Waals surface area contributed by atoms with Gasteiger partial charge in [0.05, 0.1) is 19.4 Å². The molecule has 0 amide bonds. The lowest BCUT2D eigenvalue weighted by Crippen LogP contribution is -2.36. The van der Waals surface area contributed by atoms with Gasteiger partial charge in [0.2, 0.25) is 0 Å². The molecule has 1 rings (SSSR count). The van der Waals surface area contributed by atoms with E-state index in [0.717, 1.165) is 5.56 Å². The summed E-state index contributed by atoms with van der Waals surface area (Å²) >= 11 is 0. The average Bonchev–Trinajstić information content (AvgIpc) is 2.92. The number of hydrogen-bond donors (Lipinski definition) is 1. The molecule has 1 N–H and O–H groups in total. The minimum atomic E-state index is -0.927. The lowest BCUT2D eigenvalue weighted by Gasteiger charge is -2.38. The summed E-state index contributed by atoms with van der Waals surface area (Å²) in [7, 11) is 0.376. The van der Waals surface area contributed by atoms with E-state index in [1.807, 2.05) is 41.5 Å². The number of rotatable bonds is 18. The summed E-state index contributed by atoms with van der Waals surface area (Å²) in [6, 6.07) is 6.70. The third-order valence-electron chi connectivity index (χ3n) is 9.62. The van der Waals surface area contributed by atoms with Crippen LogP contribution in [-0.4, -0.2) is 59.6 Å². The first-order valence-corrected chi connectivity index (χ1v) is 17.7.